The summed E-state index contributed by atoms with van der Waals surface area (Å²) in [5, 5.41) is 11.2. The lowest BCUT2D eigenvalue weighted by Gasteiger charge is -2.18. The smallest absolute Gasteiger partial charge is 0.375 e. The van der Waals surface area contributed by atoms with Gasteiger partial charge in [-0.25, -0.2) is 4.79 Å². The fourth-order valence-electron chi connectivity index (χ4n) is 2.94. The molecule has 0 N–H and O–H groups in total. The molecule has 0 saturated carbocycles. The minimum Gasteiger partial charge on any atom is -0.460 e. The summed E-state index contributed by atoms with van der Waals surface area (Å²) in [6, 6.07) is 1.02. The van der Waals surface area contributed by atoms with E-state index in [1.807, 2.05) is 13.8 Å². The Hall–Kier alpha value is -3.04. The van der Waals surface area contributed by atoms with E-state index < -0.39 is 39.7 Å². The van der Waals surface area contributed by atoms with E-state index in [1.54, 1.807) is 6.92 Å². The summed E-state index contributed by atoms with van der Waals surface area (Å²) < 4.78 is 5.83. The van der Waals surface area contributed by atoms with Crippen molar-refractivity contribution >= 4 is 29.0 Å². The van der Waals surface area contributed by atoms with Crippen LogP contribution in [0.15, 0.2) is 17.1 Å². The van der Waals surface area contributed by atoms with Crippen LogP contribution in [0.25, 0.3) is 0 Å². The Morgan fingerprint density at radius 2 is 2.04 bits per heavy atom. The van der Waals surface area contributed by atoms with Gasteiger partial charge in [-0.15, -0.1) is 0 Å². The van der Waals surface area contributed by atoms with E-state index in [2.05, 4.69) is 4.74 Å². The number of ether oxygens (including phenoxy) is 1. The van der Waals surface area contributed by atoms with Crippen LogP contribution >= 0.6 is 0 Å². The van der Waals surface area contributed by atoms with Crippen LogP contribution in [0.3, 0.4) is 0 Å². The summed E-state index contributed by atoms with van der Waals surface area (Å²) in [5.74, 6) is -3.79. The van der Waals surface area contributed by atoms with Crippen molar-refractivity contribution in [3.63, 3.8) is 0 Å². The maximum Gasteiger partial charge on any atom is 0.375 e. The SMILES string of the molecule is CCOC(=O)C(=O)C1CCN(c2cc([N+](=O)[O-])c(=O)n(CC(C)C)c2)C1=O. The number of carbonyl (C=O) groups is 3. The van der Waals surface area contributed by atoms with Gasteiger partial charge in [-0.2, -0.15) is 0 Å². The number of nitro groups is 1. The van der Waals surface area contributed by atoms with Gasteiger partial charge in [0.25, 0.3) is 5.78 Å². The van der Waals surface area contributed by atoms with E-state index >= 15 is 0 Å². The van der Waals surface area contributed by atoms with Gasteiger partial charge in [0.2, 0.25) is 5.91 Å². The standard InChI is InChI=1S/C17H21N3O7/c1-4-27-17(24)14(21)12-5-6-19(15(12)22)11-7-13(20(25)26)16(23)18(9-11)8-10(2)3/h7,9-10,12H,4-6,8H2,1-3H3. The Morgan fingerprint density at radius 3 is 2.59 bits per heavy atom. The van der Waals surface area contributed by atoms with Crippen molar-refractivity contribution in [2.45, 2.75) is 33.7 Å². The molecule has 2 heterocycles. The van der Waals surface area contributed by atoms with E-state index in [0.717, 1.165) is 6.07 Å². The lowest BCUT2D eigenvalue weighted by molar-refractivity contribution is -0.386. The van der Waals surface area contributed by atoms with Crippen molar-refractivity contribution in [2.24, 2.45) is 11.8 Å². The third kappa shape index (κ3) is 4.21. The quantitative estimate of drug-likeness (QED) is 0.226. The van der Waals surface area contributed by atoms with Crippen LogP contribution < -0.4 is 10.5 Å². The Morgan fingerprint density at radius 1 is 1.37 bits per heavy atom. The maximum atomic E-state index is 12.6. The molecule has 27 heavy (non-hydrogen) atoms. The number of anilines is 1. The van der Waals surface area contributed by atoms with Crippen LogP contribution in [0, 0.1) is 22.0 Å². The molecule has 0 bridgehead atoms. The van der Waals surface area contributed by atoms with Crippen molar-refractivity contribution in [3.8, 4) is 0 Å². The summed E-state index contributed by atoms with van der Waals surface area (Å²) in [6.07, 6.45) is 1.46. The van der Waals surface area contributed by atoms with Gasteiger partial charge >= 0.3 is 17.2 Å². The number of ketones is 1. The summed E-state index contributed by atoms with van der Waals surface area (Å²) >= 11 is 0. The maximum absolute atomic E-state index is 12.6. The van der Waals surface area contributed by atoms with Gasteiger partial charge in [0.1, 0.15) is 5.92 Å². The Labute approximate surface area is 154 Å². The van der Waals surface area contributed by atoms with Crippen molar-refractivity contribution in [1.29, 1.82) is 0 Å². The molecule has 1 saturated heterocycles. The molecule has 1 amide bonds. The molecule has 10 heteroatoms. The predicted octanol–water partition coefficient (Wildman–Crippen LogP) is 0.898. The van der Waals surface area contributed by atoms with Gasteiger partial charge in [0.15, 0.2) is 0 Å². The molecular weight excluding hydrogens is 358 g/mol. The molecule has 1 aliphatic heterocycles. The number of hydrogen-bond donors (Lipinski definition) is 0. The fraction of sp³-hybridized carbons (Fsp3) is 0.529. The van der Waals surface area contributed by atoms with Crippen molar-refractivity contribution in [1.82, 2.24) is 4.57 Å². The van der Waals surface area contributed by atoms with Crippen LogP contribution in [-0.2, 0) is 25.7 Å². The second-order valence-corrected chi connectivity index (χ2v) is 6.61. The van der Waals surface area contributed by atoms with Crippen LogP contribution in [0.1, 0.15) is 27.2 Å². The molecule has 1 aromatic rings. The lowest BCUT2D eigenvalue weighted by atomic mass is 10.0. The number of hydrogen-bond acceptors (Lipinski definition) is 7. The average Bonchev–Trinajstić information content (AvgIpc) is 2.97. The van der Waals surface area contributed by atoms with E-state index in [-0.39, 0.29) is 37.7 Å². The topological polar surface area (TPSA) is 129 Å². The number of nitrogens with zero attached hydrogens (tertiary/aromatic N) is 3. The molecule has 1 aromatic heterocycles. The van der Waals surface area contributed by atoms with Crippen LogP contribution in [0.2, 0.25) is 0 Å². The monoisotopic (exact) mass is 379 g/mol. The van der Waals surface area contributed by atoms with Gasteiger partial charge < -0.3 is 14.2 Å². The van der Waals surface area contributed by atoms with Crippen molar-refractivity contribution in [2.75, 3.05) is 18.1 Å². The number of carbonyl (C=O) groups excluding carboxylic acids is 3. The summed E-state index contributed by atoms with van der Waals surface area (Å²) in [5.41, 5.74) is -1.27. The van der Waals surface area contributed by atoms with Gasteiger partial charge in [0, 0.05) is 25.4 Å². The molecule has 1 atom stereocenters. The molecule has 0 radical (unpaired) electrons. The number of Topliss-reactive ketones (excluding diaryl/α,β-unsaturated/α-hetero) is 1. The molecule has 1 unspecified atom stereocenters. The highest BCUT2D eigenvalue weighted by Crippen LogP contribution is 2.27. The highest BCUT2D eigenvalue weighted by atomic mass is 16.6. The molecule has 1 aliphatic rings. The number of esters is 1. The van der Waals surface area contributed by atoms with Crippen molar-refractivity contribution < 1.29 is 24.0 Å². The summed E-state index contributed by atoms with van der Waals surface area (Å²) in [4.78, 5) is 60.1. The third-order valence-corrected chi connectivity index (χ3v) is 4.12. The number of pyridine rings is 1. The minimum absolute atomic E-state index is 0.0154. The fourth-order valence-corrected chi connectivity index (χ4v) is 2.94. The van der Waals surface area contributed by atoms with Crippen LogP contribution in [0.4, 0.5) is 11.4 Å². The highest BCUT2D eigenvalue weighted by Gasteiger charge is 2.41. The number of amides is 1. The second-order valence-electron chi connectivity index (χ2n) is 6.61. The first-order valence-corrected chi connectivity index (χ1v) is 8.58. The zero-order chi connectivity index (χ0) is 20.3. The molecule has 0 aliphatic carbocycles. The first-order chi connectivity index (χ1) is 12.7. The zero-order valence-electron chi connectivity index (χ0n) is 15.3. The largest absolute Gasteiger partial charge is 0.460 e. The van der Waals surface area contributed by atoms with Gasteiger partial charge in [-0.1, -0.05) is 13.8 Å². The van der Waals surface area contributed by atoms with E-state index in [1.165, 1.54) is 15.7 Å². The number of rotatable bonds is 7. The molecule has 0 spiro atoms. The lowest BCUT2D eigenvalue weighted by Crippen LogP contribution is -2.35. The van der Waals surface area contributed by atoms with E-state index in [9.17, 15) is 29.3 Å². The van der Waals surface area contributed by atoms with E-state index in [0.29, 0.717) is 0 Å². The predicted molar refractivity (Wildman–Crippen MR) is 94.3 cm³/mol. The highest BCUT2D eigenvalue weighted by molar-refractivity contribution is 6.39. The van der Waals surface area contributed by atoms with E-state index in [4.69, 9.17) is 0 Å². The molecule has 2 rings (SSSR count). The Balaban J connectivity index is 2.38. The van der Waals surface area contributed by atoms with Gasteiger partial charge in [-0.05, 0) is 19.3 Å². The molecular formula is C17H21N3O7. The molecule has 146 valence electrons. The Kier molecular flexibility index (Phi) is 6.09. The Bertz CT molecular complexity index is 843. The second kappa shape index (κ2) is 8.11. The van der Waals surface area contributed by atoms with Crippen LogP contribution in [0.5, 0.6) is 0 Å². The first-order valence-electron chi connectivity index (χ1n) is 8.58. The van der Waals surface area contributed by atoms with Gasteiger partial charge in [0.05, 0.1) is 17.2 Å². The average molecular weight is 379 g/mol. The molecule has 0 aromatic carbocycles. The normalized spacial score (nSPS) is 16.7. The minimum atomic E-state index is -1.19. The molecule has 1 fully saturated rings. The summed E-state index contributed by atoms with van der Waals surface area (Å²) in [6.45, 7) is 5.60. The van der Waals surface area contributed by atoms with Crippen LogP contribution in [-0.4, -0.2) is 40.3 Å². The molecule has 10 nitrogen and oxygen atoms in total. The van der Waals surface area contributed by atoms with Crippen molar-refractivity contribution in [3.05, 3.63) is 32.7 Å². The first kappa shape index (κ1) is 20.3. The van der Waals surface area contributed by atoms with Gasteiger partial charge in [-0.3, -0.25) is 24.5 Å². The summed E-state index contributed by atoms with van der Waals surface area (Å²) in [7, 11) is 0. The third-order valence-electron chi connectivity index (χ3n) is 4.12. The number of aromatic nitrogens is 1. The zero-order valence-corrected chi connectivity index (χ0v) is 15.3.